The van der Waals surface area contributed by atoms with Gasteiger partial charge in [-0.25, -0.2) is 9.50 Å². The lowest BCUT2D eigenvalue weighted by Crippen LogP contribution is -2.41. The molecular formula is C17H21N5O3. The van der Waals surface area contributed by atoms with E-state index >= 15 is 0 Å². The number of hydrogen-bond donors (Lipinski definition) is 1. The molecule has 5 rings (SSSR count). The Kier molecular flexibility index (Phi) is 3.42. The van der Waals surface area contributed by atoms with Crippen molar-refractivity contribution < 1.29 is 9.53 Å². The number of carbonyl (C=O) groups is 1. The van der Waals surface area contributed by atoms with Gasteiger partial charge in [-0.2, -0.15) is 0 Å². The molecule has 0 bridgehead atoms. The number of amides is 1. The van der Waals surface area contributed by atoms with E-state index in [-0.39, 0.29) is 11.5 Å². The van der Waals surface area contributed by atoms with Gasteiger partial charge in [-0.3, -0.25) is 19.6 Å². The molecule has 8 heteroatoms. The first-order chi connectivity index (χ1) is 12.2. The second-order valence-corrected chi connectivity index (χ2v) is 7.10. The largest absolute Gasteiger partial charge is 0.379 e. The van der Waals surface area contributed by atoms with E-state index < -0.39 is 0 Å². The van der Waals surface area contributed by atoms with Gasteiger partial charge in [0, 0.05) is 43.9 Å². The van der Waals surface area contributed by atoms with Crippen molar-refractivity contribution in [2.24, 2.45) is 0 Å². The molecule has 132 valence electrons. The number of aromatic nitrogens is 3. The number of ether oxygens (including phenoxy) is 1. The maximum absolute atomic E-state index is 12.8. The van der Waals surface area contributed by atoms with E-state index in [4.69, 9.17) is 4.74 Å². The van der Waals surface area contributed by atoms with Crippen LogP contribution >= 0.6 is 0 Å². The second-order valence-electron chi connectivity index (χ2n) is 7.10. The molecule has 3 aliphatic rings. The Morgan fingerprint density at radius 2 is 2.00 bits per heavy atom. The Hall–Kier alpha value is -2.19. The molecule has 1 saturated carbocycles. The molecule has 2 fully saturated rings. The molecule has 0 aromatic carbocycles. The third-order valence-corrected chi connectivity index (χ3v) is 5.37. The Bertz CT molecular complexity index is 892. The Balaban J connectivity index is 1.38. The Morgan fingerprint density at radius 3 is 2.76 bits per heavy atom. The van der Waals surface area contributed by atoms with Crippen LogP contribution in [0.15, 0.2) is 10.9 Å². The van der Waals surface area contributed by atoms with Crippen molar-refractivity contribution in [3.63, 3.8) is 0 Å². The zero-order valence-electron chi connectivity index (χ0n) is 14.0. The fourth-order valence-electron chi connectivity index (χ4n) is 3.68. The molecule has 1 saturated heterocycles. The highest BCUT2D eigenvalue weighted by atomic mass is 16.5. The molecule has 8 nitrogen and oxygen atoms in total. The summed E-state index contributed by atoms with van der Waals surface area (Å²) >= 11 is 0. The quantitative estimate of drug-likeness (QED) is 0.857. The Morgan fingerprint density at radius 1 is 1.20 bits per heavy atom. The van der Waals surface area contributed by atoms with Crippen molar-refractivity contribution in [3.05, 3.63) is 33.4 Å². The van der Waals surface area contributed by atoms with Crippen LogP contribution in [0.4, 0.5) is 0 Å². The molecule has 2 aromatic rings. The summed E-state index contributed by atoms with van der Waals surface area (Å²) in [6.45, 7) is 5.03. The van der Waals surface area contributed by atoms with E-state index in [1.807, 2.05) is 6.07 Å². The molecule has 2 aromatic heterocycles. The highest BCUT2D eigenvalue weighted by molar-refractivity contribution is 5.96. The van der Waals surface area contributed by atoms with Gasteiger partial charge in [-0.1, -0.05) is 0 Å². The fourth-order valence-corrected chi connectivity index (χ4v) is 3.68. The van der Waals surface area contributed by atoms with E-state index in [0.717, 1.165) is 51.4 Å². The molecule has 0 spiro atoms. The van der Waals surface area contributed by atoms with Gasteiger partial charge >= 0.3 is 0 Å². The van der Waals surface area contributed by atoms with Crippen molar-refractivity contribution in [2.75, 3.05) is 39.4 Å². The minimum atomic E-state index is -0.144. The van der Waals surface area contributed by atoms with Crippen LogP contribution in [0.2, 0.25) is 0 Å². The van der Waals surface area contributed by atoms with Gasteiger partial charge in [0.15, 0.2) is 5.65 Å². The van der Waals surface area contributed by atoms with Crippen LogP contribution in [0.25, 0.3) is 5.65 Å². The van der Waals surface area contributed by atoms with E-state index in [2.05, 4.69) is 15.0 Å². The summed E-state index contributed by atoms with van der Waals surface area (Å²) in [7, 11) is 0. The Labute approximate surface area is 144 Å². The summed E-state index contributed by atoms with van der Waals surface area (Å²) < 4.78 is 6.84. The minimum absolute atomic E-state index is 0.128. The van der Waals surface area contributed by atoms with Crippen LogP contribution in [0.1, 0.15) is 40.5 Å². The predicted octanol–water partition coefficient (Wildman–Crippen LogP) is 0.188. The predicted molar refractivity (Wildman–Crippen MR) is 89.8 cm³/mol. The standard InChI is InChI=1S/C17H21N5O3/c23-16-12-10-21(4-3-20-5-7-25-8-6-20)17(24)15(12)18-14-9-13(11-1-2-11)19-22(14)16/h9,11,19H,1-8,10H2. The van der Waals surface area contributed by atoms with Crippen molar-refractivity contribution >= 4 is 11.6 Å². The van der Waals surface area contributed by atoms with Gasteiger partial charge in [-0.15, -0.1) is 0 Å². The average Bonchev–Trinajstić information content (AvgIpc) is 3.32. The molecule has 2 aliphatic heterocycles. The smallest absolute Gasteiger partial charge is 0.278 e. The first kappa shape index (κ1) is 15.1. The summed E-state index contributed by atoms with van der Waals surface area (Å²) in [5.41, 5.74) is 2.29. The van der Waals surface area contributed by atoms with Gasteiger partial charge in [0.25, 0.3) is 11.5 Å². The van der Waals surface area contributed by atoms with Gasteiger partial charge in [-0.05, 0) is 12.8 Å². The monoisotopic (exact) mass is 343 g/mol. The average molecular weight is 343 g/mol. The number of nitrogens with one attached hydrogen (secondary N) is 1. The molecule has 0 unspecified atom stereocenters. The lowest BCUT2D eigenvalue weighted by Gasteiger charge is -2.28. The van der Waals surface area contributed by atoms with Crippen LogP contribution in [0.3, 0.4) is 0 Å². The van der Waals surface area contributed by atoms with E-state index in [1.54, 1.807) is 4.90 Å². The van der Waals surface area contributed by atoms with Gasteiger partial charge in [0.05, 0.1) is 25.3 Å². The molecule has 0 atom stereocenters. The van der Waals surface area contributed by atoms with Crippen molar-refractivity contribution in [3.8, 4) is 0 Å². The number of aromatic amines is 1. The lowest BCUT2D eigenvalue weighted by molar-refractivity contribution is 0.0327. The van der Waals surface area contributed by atoms with Crippen molar-refractivity contribution in [1.29, 1.82) is 0 Å². The van der Waals surface area contributed by atoms with Crippen LogP contribution in [-0.2, 0) is 11.3 Å². The maximum atomic E-state index is 12.8. The highest BCUT2D eigenvalue weighted by Crippen LogP contribution is 2.39. The number of nitrogens with zero attached hydrogens (tertiary/aromatic N) is 4. The fraction of sp³-hybridized carbons (Fsp3) is 0.588. The SMILES string of the molecule is O=C1c2nc3cc(C4CC4)[nH]n3c(=O)c2CN1CCN1CCOCC1. The number of fused-ring (bicyclic) bond motifs is 2. The molecule has 1 aliphatic carbocycles. The third kappa shape index (κ3) is 2.56. The zero-order valence-corrected chi connectivity index (χ0v) is 14.0. The number of rotatable bonds is 4. The van der Waals surface area contributed by atoms with Gasteiger partial charge < -0.3 is 9.64 Å². The number of hydrogen-bond acceptors (Lipinski definition) is 5. The number of H-pyrrole nitrogens is 1. The van der Waals surface area contributed by atoms with E-state index in [9.17, 15) is 9.59 Å². The molecular weight excluding hydrogens is 322 g/mol. The molecule has 25 heavy (non-hydrogen) atoms. The normalized spacial score (nSPS) is 21.3. The second kappa shape index (κ2) is 5.67. The maximum Gasteiger partial charge on any atom is 0.278 e. The van der Waals surface area contributed by atoms with E-state index in [1.165, 1.54) is 4.52 Å². The van der Waals surface area contributed by atoms with Crippen LogP contribution in [0.5, 0.6) is 0 Å². The van der Waals surface area contributed by atoms with Crippen LogP contribution < -0.4 is 5.56 Å². The number of morpholine rings is 1. The first-order valence-electron chi connectivity index (χ1n) is 8.94. The van der Waals surface area contributed by atoms with E-state index in [0.29, 0.717) is 35.9 Å². The molecule has 0 radical (unpaired) electrons. The third-order valence-electron chi connectivity index (χ3n) is 5.37. The molecule has 4 heterocycles. The summed E-state index contributed by atoms with van der Waals surface area (Å²) in [6, 6.07) is 1.91. The molecule has 1 amide bonds. The van der Waals surface area contributed by atoms with Crippen molar-refractivity contribution in [1.82, 2.24) is 24.4 Å². The summed E-state index contributed by atoms with van der Waals surface area (Å²) in [5.74, 6) is 0.383. The van der Waals surface area contributed by atoms with Crippen LogP contribution in [-0.4, -0.2) is 69.7 Å². The van der Waals surface area contributed by atoms with Gasteiger partial charge in [0.2, 0.25) is 0 Å². The number of carbonyl (C=O) groups excluding carboxylic acids is 1. The first-order valence-corrected chi connectivity index (χ1v) is 8.94. The minimum Gasteiger partial charge on any atom is -0.379 e. The topological polar surface area (TPSA) is 82.9 Å². The summed E-state index contributed by atoms with van der Waals surface area (Å²) in [5, 5.41) is 3.16. The van der Waals surface area contributed by atoms with Crippen LogP contribution in [0, 0.1) is 0 Å². The lowest BCUT2D eigenvalue weighted by atomic mass is 10.2. The summed E-state index contributed by atoms with van der Waals surface area (Å²) in [4.78, 5) is 33.9. The molecule has 1 N–H and O–H groups in total. The summed E-state index contributed by atoms with van der Waals surface area (Å²) in [6.07, 6.45) is 2.30. The zero-order chi connectivity index (χ0) is 17.0. The van der Waals surface area contributed by atoms with Gasteiger partial charge in [0.1, 0.15) is 5.69 Å². The highest BCUT2D eigenvalue weighted by Gasteiger charge is 2.33. The van der Waals surface area contributed by atoms with Crippen molar-refractivity contribution in [2.45, 2.75) is 25.3 Å².